The Kier molecular flexibility index (Phi) is 5.13. The third-order valence-electron chi connectivity index (χ3n) is 7.60. The van der Waals surface area contributed by atoms with Gasteiger partial charge in [-0.2, -0.15) is 0 Å². The standard InChI is InChI=1S/C22H42N2/c1-20(2,3)19-10-15-24(22(16-19)11-7-12-22)17-18-8-13-23(14-9-18)21(4,5)6/h18-19H,7-17H2,1-6H3. The summed E-state index contributed by atoms with van der Waals surface area (Å²) >= 11 is 0. The lowest BCUT2D eigenvalue weighted by atomic mass is 9.62. The van der Waals surface area contributed by atoms with Crippen molar-refractivity contribution in [2.24, 2.45) is 17.3 Å². The van der Waals surface area contributed by atoms with Crippen molar-refractivity contribution in [2.75, 3.05) is 26.2 Å². The number of hydrogen-bond donors (Lipinski definition) is 0. The molecule has 0 radical (unpaired) electrons. The number of nitrogens with zero attached hydrogens (tertiary/aromatic N) is 2. The minimum atomic E-state index is 0.352. The van der Waals surface area contributed by atoms with E-state index in [0.29, 0.717) is 16.5 Å². The molecular formula is C22H42N2. The van der Waals surface area contributed by atoms with Crippen LogP contribution >= 0.6 is 0 Å². The van der Waals surface area contributed by atoms with E-state index in [1.165, 1.54) is 71.1 Å². The fourth-order valence-corrected chi connectivity index (χ4v) is 5.47. The molecule has 0 bridgehead atoms. The van der Waals surface area contributed by atoms with Gasteiger partial charge in [-0.05, 0) is 103 Å². The van der Waals surface area contributed by atoms with Crippen molar-refractivity contribution in [3.05, 3.63) is 0 Å². The fraction of sp³-hybridized carbons (Fsp3) is 1.00. The van der Waals surface area contributed by atoms with Gasteiger partial charge in [0.1, 0.15) is 0 Å². The molecule has 0 amide bonds. The normalized spacial score (nSPS) is 30.5. The summed E-state index contributed by atoms with van der Waals surface area (Å²) in [5.74, 6) is 1.86. The Morgan fingerprint density at radius 3 is 1.96 bits per heavy atom. The molecule has 3 aliphatic rings. The molecule has 24 heavy (non-hydrogen) atoms. The number of rotatable bonds is 2. The summed E-state index contributed by atoms with van der Waals surface area (Å²) in [6.45, 7) is 19.8. The van der Waals surface area contributed by atoms with E-state index in [1.54, 1.807) is 0 Å². The molecule has 2 heteroatoms. The van der Waals surface area contributed by atoms with Gasteiger partial charge in [0, 0.05) is 17.6 Å². The Labute approximate surface area is 151 Å². The lowest BCUT2D eigenvalue weighted by Gasteiger charge is -2.58. The Bertz CT molecular complexity index is 416. The third kappa shape index (κ3) is 3.85. The molecule has 2 heterocycles. The summed E-state index contributed by atoms with van der Waals surface area (Å²) in [7, 11) is 0. The minimum Gasteiger partial charge on any atom is -0.298 e. The Hall–Kier alpha value is -0.0800. The second kappa shape index (κ2) is 6.58. The van der Waals surface area contributed by atoms with Crippen LogP contribution in [0.5, 0.6) is 0 Å². The molecule has 2 aliphatic heterocycles. The smallest absolute Gasteiger partial charge is 0.0212 e. The van der Waals surface area contributed by atoms with Crippen LogP contribution in [-0.2, 0) is 0 Å². The predicted octanol–water partition coefficient (Wildman–Crippen LogP) is 5.18. The van der Waals surface area contributed by atoms with Crippen molar-refractivity contribution in [3.8, 4) is 0 Å². The summed E-state index contributed by atoms with van der Waals surface area (Å²) < 4.78 is 0. The lowest BCUT2D eigenvalue weighted by molar-refractivity contribution is -0.0710. The highest BCUT2D eigenvalue weighted by molar-refractivity contribution is 5.04. The summed E-state index contributed by atoms with van der Waals surface area (Å²) in [6.07, 6.45) is 10.1. The minimum absolute atomic E-state index is 0.352. The van der Waals surface area contributed by atoms with Crippen LogP contribution in [0, 0.1) is 17.3 Å². The van der Waals surface area contributed by atoms with Gasteiger partial charge in [-0.25, -0.2) is 0 Å². The maximum absolute atomic E-state index is 2.95. The van der Waals surface area contributed by atoms with Crippen LogP contribution in [0.3, 0.4) is 0 Å². The van der Waals surface area contributed by atoms with Gasteiger partial charge in [0.2, 0.25) is 0 Å². The molecule has 1 spiro atoms. The average Bonchev–Trinajstić information content (AvgIpc) is 2.44. The van der Waals surface area contributed by atoms with Crippen LogP contribution in [0.15, 0.2) is 0 Å². The van der Waals surface area contributed by atoms with Gasteiger partial charge in [-0.1, -0.05) is 20.8 Å². The number of piperidine rings is 2. The van der Waals surface area contributed by atoms with E-state index in [1.807, 2.05) is 0 Å². The zero-order valence-electron chi connectivity index (χ0n) is 17.3. The first-order valence-electron chi connectivity index (χ1n) is 10.6. The number of hydrogen-bond acceptors (Lipinski definition) is 2. The molecule has 0 N–H and O–H groups in total. The van der Waals surface area contributed by atoms with E-state index >= 15 is 0 Å². The van der Waals surface area contributed by atoms with Crippen molar-refractivity contribution in [1.82, 2.24) is 9.80 Å². The number of likely N-dealkylation sites (tertiary alicyclic amines) is 2. The van der Waals surface area contributed by atoms with Crippen LogP contribution < -0.4 is 0 Å². The molecule has 0 aromatic rings. The van der Waals surface area contributed by atoms with Crippen molar-refractivity contribution in [1.29, 1.82) is 0 Å². The van der Waals surface area contributed by atoms with E-state index < -0.39 is 0 Å². The molecule has 140 valence electrons. The molecule has 3 fully saturated rings. The first-order valence-corrected chi connectivity index (χ1v) is 10.6. The van der Waals surface area contributed by atoms with Crippen molar-refractivity contribution in [3.63, 3.8) is 0 Å². The SMILES string of the molecule is CC(C)(C)C1CCN(CC2CCN(C(C)(C)C)CC2)C2(CCC2)C1. The van der Waals surface area contributed by atoms with Gasteiger partial charge in [0.15, 0.2) is 0 Å². The molecule has 0 aromatic carbocycles. The highest BCUT2D eigenvalue weighted by Gasteiger charge is 2.48. The van der Waals surface area contributed by atoms with E-state index in [2.05, 4.69) is 51.3 Å². The van der Waals surface area contributed by atoms with Crippen LogP contribution in [0.1, 0.15) is 86.5 Å². The molecule has 1 aliphatic carbocycles. The maximum Gasteiger partial charge on any atom is 0.0212 e. The summed E-state index contributed by atoms with van der Waals surface area (Å²) in [5.41, 5.74) is 1.44. The lowest BCUT2D eigenvalue weighted by Crippen LogP contribution is -2.60. The third-order valence-corrected chi connectivity index (χ3v) is 7.60. The van der Waals surface area contributed by atoms with E-state index in [-0.39, 0.29) is 0 Å². The Balaban J connectivity index is 1.56. The summed E-state index contributed by atoms with van der Waals surface area (Å²) in [6, 6.07) is 0. The van der Waals surface area contributed by atoms with Gasteiger partial charge in [0.05, 0.1) is 0 Å². The highest BCUT2D eigenvalue weighted by Crippen LogP contribution is 2.50. The van der Waals surface area contributed by atoms with E-state index in [9.17, 15) is 0 Å². The van der Waals surface area contributed by atoms with Gasteiger partial charge >= 0.3 is 0 Å². The Morgan fingerprint density at radius 2 is 1.50 bits per heavy atom. The monoisotopic (exact) mass is 334 g/mol. The van der Waals surface area contributed by atoms with Gasteiger partial charge in [-0.3, -0.25) is 9.80 Å². The van der Waals surface area contributed by atoms with Crippen LogP contribution in [-0.4, -0.2) is 47.1 Å². The average molecular weight is 335 g/mol. The van der Waals surface area contributed by atoms with Gasteiger partial charge in [-0.15, -0.1) is 0 Å². The Morgan fingerprint density at radius 1 is 0.875 bits per heavy atom. The molecule has 3 rings (SSSR count). The second-order valence-electron chi connectivity index (χ2n) is 11.2. The molecule has 2 saturated heterocycles. The molecule has 2 nitrogen and oxygen atoms in total. The summed E-state index contributed by atoms with van der Waals surface area (Å²) in [5, 5.41) is 0. The van der Waals surface area contributed by atoms with Crippen molar-refractivity contribution >= 4 is 0 Å². The van der Waals surface area contributed by atoms with Crippen molar-refractivity contribution < 1.29 is 0 Å². The van der Waals surface area contributed by atoms with Crippen LogP contribution in [0.4, 0.5) is 0 Å². The van der Waals surface area contributed by atoms with Crippen LogP contribution in [0.25, 0.3) is 0 Å². The first kappa shape index (κ1) is 18.7. The van der Waals surface area contributed by atoms with Crippen LogP contribution in [0.2, 0.25) is 0 Å². The first-order chi connectivity index (χ1) is 11.1. The van der Waals surface area contributed by atoms with Gasteiger partial charge < -0.3 is 0 Å². The topological polar surface area (TPSA) is 6.48 Å². The molecule has 1 unspecified atom stereocenters. The highest BCUT2D eigenvalue weighted by atomic mass is 15.2. The fourth-order valence-electron chi connectivity index (χ4n) is 5.47. The predicted molar refractivity (Wildman–Crippen MR) is 104 cm³/mol. The van der Waals surface area contributed by atoms with E-state index in [4.69, 9.17) is 0 Å². The molecule has 1 atom stereocenters. The second-order valence-corrected chi connectivity index (χ2v) is 11.2. The maximum atomic E-state index is 2.95. The largest absolute Gasteiger partial charge is 0.298 e. The zero-order valence-corrected chi connectivity index (χ0v) is 17.3. The summed E-state index contributed by atoms with van der Waals surface area (Å²) in [4.78, 5) is 5.64. The van der Waals surface area contributed by atoms with Gasteiger partial charge in [0.25, 0.3) is 0 Å². The molecule has 0 aromatic heterocycles. The van der Waals surface area contributed by atoms with Crippen molar-refractivity contribution in [2.45, 2.75) is 97.6 Å². The molecule has 1 saturated carbocycles. The quantitative estimate of drug-likeness (QED) is 0.686. The zero-order chi connectivity index (χ0) is 17.6. The van der Waals surface area contributed by atoms with E-state index in [0.717, 1.165) is 11.8 Å². The molecular weight excluding hydrogens is 292 g/mol.